The molecule has 7 rings (SSSR count). The molecule has 0 aliphatic carbocycles. The first-order valence-corrected chi connectivity index (χ1v) is 17.8. The van der Waals surface area contributed by atoms with Gasteiger partial charge in [-0.15, -0.1) is 0 Å². The zero-order valence-corrected chi connectivity index (χ0v) is 27.6. The summed E-state index contributed by atoms with van der Waals surface area (Å²) < 4.78 is 62.1. The van der Waals surface area contributed by atoms with E-state index in [-0.39, 0.29) is 20.1 Å². The third-order valence-corrected chi connectivity index (χ3v) is 11.1. The third kappa shape index (κ3) is 6.03. The van der Waals surface area contributed by atoms with Crippen LogP contribution in [0.1, 0.15) is 12.5 Å². The van der Waals surface area contributed by atoms with Crippen molar-refractivity contribution in [2.75, 3.05) is 13.2 Å². The Hall–Kier alpha value is -1.40. The summed E-state index contributed by atoms with van der Waals surface area (Å²) in [5, 5.41) is 23.1. The maximum absolute atomic E-state index is 13.3. The fourth-order valence-corrected chi connectivity index (χ4v) is 8.09. The minimum absolute atomic E-state index is 0.172. The molecule has 5 heterocycles. The number of halogens is 4. The largest absolute Gasteiger partial charge is 0.472 e. The zero-order chi connectivity index (χ0) is 32.7. The van der Waals surface area contributed by atoms with E-state index in [4.69, 9.17) is 74.0 Å². The number of aliphatic hydroxyl groups excluding tert-OH is 2. The van der Waals surface area contributed by atoms with Crippen LogP contribution in [0.15, 0.2) is 36.9 Å². The molecule has 0 saturated carbocycles. The van der Waals surface area contributed by atoms with Crippen molar-refractivity contribution in [3.05, 3.63) is 57.0 Å². The van der Waals surface area contributed by atoms with E-state index in [1.165, 1.54) is 46.1 Å². The molecule has 3 fully saturated rings. The predicted octanol–water partition coefficient (Wildman–Crippen LogP) is 4.23. The van der Waals surface area contributed by atoms with Crippen molar-refractivity contribution in [3.8, 4) is 0 Å². The van der Waals surface area contributed by atoms with E-state index in [1.54, 1.807) is 0 Å². The number of aliphatic hydroxyl groups is 2. The van der Waals surface area contributed by atoms with E-state index >= 15 is 0 Å². The quantitative estimate of drug-likeness (QED) is 0.211. The molecule has 10 atom stereocenters. The summed E-state index contributed by atoms with van der Waals surface area (Å²) in [5.74, 6) is 0. The molecule has 3 aliphatic heterocycles. The lowest BCUT2D eigenvalue weighted by atomic mass is 10.1. The Bertz CT molecular complexity index is 1930. The number of hydrogen-bond donors (Lipinski definition) is 4. The summed E-state index contributed by atoms with van der Waals surface area (Å²) in [4.78, 5) is 29.9. The van der Waals surface area contributed by atoms with E-state index in [0.717, 1.165) is 0 Å². The van der Waals surface area contributed by atoms with Gasteiger partial charge in [0.25, 0.3) is 0 Å². The SMILES string of the molecule is O=P1(O)OC[C@H]2O[C@@H](n3cnc4cc(Cl)c(Cl)cc43)[C@@H](OP(=O)(O)OC[C@H]3O[C@@H](n4cnc5cc(Cl)c(Cl)cc54)C(O)[C@H]3O1)C2O. The molecular weight excluding hydrogens is 740 g/mol. The van der Waals surface area contributed by atoms with Gasteiger partial charge in [-0.2, -0.15) is 0 Å². The van der Waals surface area contributed by atoms with E-state index in [2.05, 4.69) is 9.97 Å². The smallest absolute Gasteiger partial charge is 0.387 e. The van der Waals surface area contributed by atoms with Gasteiger partial charge in [0.2, 0.25) is 0 Å². The van der Waals surface area contributed by atoms with Crippen LogP contribution in [-0.4, -0.2) is 88.9 Å². The first-order valence-electron chi connectivity index (χ1n) is 13.3. The summed E-state index contributed by atoms with van der Waals surface area (Å²) in [5.41, 5.74) is 1.53. The molecule has 3 saturated heterocycles. The van der Waals surface area contributed by atoms with Crippen molar-refractivity contribution < 1.29 is 56.7 Å². The van der Waals surface area contributed by atoms with Crippen LogP contribution < -0.4 is 0 Å². The Morgan fingerprint density at radius 1 is 0.674 bits per heavy atom. The lowest BCUT2D eigenvalue weighted by Gasteiger charge is -2.26. The van der Waals surface area contributed by atoms with Crippen LogP contribution in [0.3, 0.4) is 0 Å². The van der Waals surface area contributed by atoms with Crippen molar-refractivity contribution in [2.45, 2.75) is 49.1 Å². The van der Waals surface area contributed by atoms with Gasteiger partial charge in [-0.3, -0.25) is 18.1 Å². The van der Waals surface area contributed by atoms with Crippen molar-refractivity contribution in [3.63, 3.8) is 0 Å². The maximum atomic E-state index is 13.3. The number of nitrogens with zero attached hydrogens (tertiary/aromatic N) is 4. The molecule has 4 aromatic rings. The highest BCUT2D eigenvalue weighted by Gasteiger charge is 2.53. The zero-order valence-electron chi connectivity index (χ0n) is 22.7. The monoisotopic (exact) mass is 760 g/mol. The van der Waals surface area contributed by atoms with Crippen LogP contribution in [-0.2, 0) is 36.7 Å². The highest BCUT2D eigenvalue weighted by Crippen LogP contribution is 2.54. The van der Waals surface area contributed by atoms with Crippen LogP contribution in [0, 0.1) is 0 Å². The number of rotatable bonds is 2. The van der Waals surface area contributed by atoms with Crippen molar-refractivity contribution in [1.29, 1.82) is 0 Å². The molecule has 22 heteroatoms. The van der Waals surface area contributed by atoms with Crippen molar-refractivity contribution in [2.24, 2.45) is 0 Å². The number of benzene rings is 2. The van der Waals surface area contributed by atoms with Crippen LogP contribution in [0.4, 0.5) is 0 Å². The number of ether oxygens (including phenoxy) is 2. The van der Waals surface area contributed by atoms with E-state index in [0.29, 0.717) is 22.1 Å². The minimum atomic E-state index is -5.05. The fourth-order valence-electron chi connectivity index (χ4n) is 5.56. The number of aromatic nitrogens is 4. The van der Waals surface area contributed by atoms with Crippen LogP contribution in [0.5, 0.6) is 0 Å². The number of fused-ring (bicyclic) bond motifs is 5. The number of phosphoric ester groups is 2. The minimum Gasteiger partial charge on any atom is -0.387 e. The molecule has 2 aromatic heterocycles. The Balaban J connectivity index is 1.20. The first kappa shape index (κ1) is 33.1. The third-order valence-electron chi connectivity index (χ3n) is 7.72. The topological polar surface area (TPSA) is 206 Å². The normalized spacial score (nSPS) is 37.2. The highest BCUT2D eigenvalue weighted by molar-refractivity contribution is 7.47. The fraction of sp³-hybridized carbons (Fsp3) is 0.417. The molecule has 16 nitrogen and oxygen atoms in total. The van der Waals surface area contributed by atoms with Gasteiger partial charge in [0, 0.05) is 0 Å². The van der Waals surface area contributed by atoms with E-state index < -0.39 is 77.9 Å². The van der Waals surface area contributed by atoms with E-state index in [9.17, 15) is 29.1 Å². The lowest BCUT2D eigenvalue weighted by molar-refractivity contribution is -0.0670. The van der Waals surface area contributed by atoms with Crippen molar-refractivity contribution in [1.82, 2.24) is 19.1 Å². The average Bonchev–Trinajstić information content (AvgIpc) is 3.72. The van der Waals surface area contributed by atoms with Crippen LogP contribution in [0.2, 0.25) is 20.1 Å². The van der Waals surface area contributed by atoms with Gasteiger partial charge in [0.15, 0.2) is 12.5 Å². The number of phosphoric acid groups is 2. The molecular formula is C24H22Cl4N4O12P2. The summed E-state index contributed by atoms with van der Waals surface area (Å²) >= 11 is 24.5. The summed E-state index contributed by atoms with van der Waals surface area (Å²) in [7, 11) is -10.1. The number of hydrogen-bond acceptors (Lipinski definition) is 12. The molecule has 2 bridgehead atoms. The lowest BCUT2D eigenvalue weighted by Crippen LogP contribution is -2.36. The second kappa shape index (κ2) is 12.2. The van der Waals surface area contributed by atoms with Crippen molar-refractivity contribution >= 4 is 84.1 Å². The average molecular weight is 762 g/mol. The van der Waals surface area contributed by atoms with Crippen LogP contribution >= 0.6 is 62.0 Å². The first-order chi connectivity index (χ1) is 21.7. The molecule has 248 valence electrons. The molecule has 3 aliphatic rings. The van der Waals surface area contributed by atoms with Gasteiger partial charge in [-0.1, -0.05) is 46.4 Å². The highest BCUT2D eigenvalue weighted by atomic mass is 35.5. The molecule has 0 spiro atoms. The number of imidazole rings is 2. The van der Waals surface area contributed by atoms with Gasteiger partial charge >= 0.3 is 15.6 Å². The second-order valence-corrected chi connectivity index (χ2v) is 15.0. The molecule has 4 N–H and O–H groups in total. The van der Waals surface area contributed by atoms with E-state index in [1.807, 2.05) is 0 Å². The van der Waals surface area contributed by atoms with Gasteiger partial charge in [-0.05, 0) is 24.3 Å². The van der Waals surface area contributed by atoms with Crippen LogP contribution in [0.25, 0.3) is 22.1 Å². The predicted molar refractivity (Wildman–Crippen MR) is 161 cm³/mol. The molecule has 4 unspecified atom stereocenters. The molecule has 0 radical (unpaired) electrons. The Morgan fingerprint density at radius 2 is 1.13 bits per heavy atom. The maximum Gasteiger partial charge on any atom is 0.472 e. The Labute approximate surface area is 278 Å². The molecule has 0 amide bonds. The molecule has 46 heavy (non-hydrogen) atoms. The summed E-state index contributed by atoms with van der Waals surface area (Å²) in [6.45, 7) is -1.53. The Morgan fingerprint density at radius 3 is 1.70 bits per heavy atom. The standard InChI is InChI=1S/C24H22Cl4N4O12P2/c25-9-1-13-15(3-11(9)27)31(7-29-13)23-20(34)21-18(42-23)6-40-46(37,38)44-22-19(33)17(5-39-45(35,36)43-21)41-24(22)32-8-30-14-2-10(26)12(28)4-16(14)32/h1-4,7-8,17-24,33-34H,5-6H2,(H,35,36)(H,37,38)/t17-,18-,19?,20?,21+,22+,23-,24-/m1/s1. The molecule has 2 aromatic carbocycles. The van der Waals surface area contributed by atoms with Gasteiger partial charge in [-0.25, -0.2) is 19.1 Å². The Kier molecular flexibility index (Phi) is 8.77. The van der Waals surface area contributed by atoms with Gasteiger partial charge in [0.05, 0.1) is 68.0 Å². The summed E-state index contributed by atoms with van der Waals surface area (Å²) in [6.07, 6.45) is -9.38. The van der Waals surface area contributed by atoms with Gasteiger partial charge < -0.3 is 38.6 Å². The second-order valence-electron chi connectivity index (χ2n) is 10.6. The van der Waals surface area contributed by atoms with Gasteiger partial charge in [0.1, 0.15) is 36.6 Å². The summed E-state index contributed by atoms with van der Waals surface area (Å²) in [6, 6.07) is 5.93.